The molecule has 1 aliphatic carbocycles. The van der Waals surface area contributed by atoms with Crippen LogP contribution in [0.1, 0.15) is 81.0 Å². The fraction of sp³-hybridized carbons (Fsp3) is 0.385. The number of esters is 1. The van der Waals surface area contributed by atoms with Crippen molar-refractivity contribution in [3.8, 4) is 0 Å². The van der Waals surface area contributed by atoms with Crippen LogP contribution in [0.25, 0.3) is 5.52 Å². The average Bonchev–Trinajstić information content (AvgIpc) is 3.20. The average molecular weight is 524 g/mol. The molecule has 176 valence electrons. The van der Waals surface area contributed by atoms with E-state index in [1.54, 1.807) is 34.9 Å². The third kappa shape index (κ3) is 4.20. The molecule has 0 radical (unpaired) electrons. The molecule has 4 heterocycles. The van der Waals surface area contributed by atoms with E-state index < -0.39 is 5.97 Å². The highest BCUT2D eigenvalue weighted by atomic mass is 79.9. The Bertz CT molecular complexity index is 1280. The van der Waals surface area contributed by atoms with Crippen molar-refractivity contribution in [2.45, 2.75) is 38.5 Å². The van der Waals surface area contributed by atoms with E-state index in [4.69, 9.17) is 4.74 Å². The van der Waals surface area contributed by atoms with E-state index >= 15 is 0 Å². The molecule has 0 amide bonds. The van der Waals surface area contributed by atoms with Gasteiger partial charge in [0.1, 0.15) is 11.4 Å². The minimum absolute atomic E-state index is 0.0960. The monoisotopic (exact) mass is 523 g/mol. The fourth-order valence-electron chi connectivity index (χ4n) is 4.93. The second kappa shape index (κ2) is 9.80. The van der Waals surface area contributed by atoms with Gasteiger partial charge in [0.15, 0.2) is 5.78 Å². The Hall–Kier alpha value is -2.84. The van der Waals surface area contributed by atoms with Gasteiger partial charge in [-0.15, -0.1) is 0 Å². The van der Waals surface area contributed by atoms with E-state index in [1.165, 1.54) is 38.5 Å². The highest BCUT2D eigenvalue weighted by Gasteiger charge is 2.39. The molecule has 0 unspecified atom stereocenters. The minimum atomic E-state index is -0.578. The van der Waals surface area contributed by atoms with Crippen molar-refractivity contribution in [1.29, 1.82) is 0 Å². The molecule has 8 heteroatoms. The Morgan fingerprint density at radius 3 is 2.68 bits per heavy atom. The van der Waals surface area contributed by atoms with Gasteiger partial charge in [-0.2, -0.15) is 0 Å². The Labute approximate surface area is 206 Å². The summed E-state index contributed by atoms with van der Waals surface area (Å²) in [5.74, 6) is -1.34. The number of carbonyl (C=O) groups excluding carboxylic acids is 3. The summed E-state index contributed by atoms with van der Waals surface area (Å²) in [5, 5.41) is 0. The summed E-state index contributed by atoms with van der Waals surface area (Å²) in [6.07, 6.45) is 9.88. The molecule has 1 saturated heterocycles. The zero-order chi connectivity index (χ0) is 23.7. The SMILES string of the molecule is O=C1c2cccnc2C(=O)c2c1c(C(=O)OCCCCCN1CCCCC1)c1ccc(Br)cn21. The molecule has 7 nitrogen and oxygen atoms in total. The highest BCUT2D eigenvalue weighted by molar-refractivity contribution is 9.10. The highest BCUT2D eigenvalue weighted by Crippen LogP contribution is 2.34. The maximum absolute atomic E-state index is 13.4. The molecule has 0 N–H and O–H groups in total. The zero-order valence-corrected chi connectivity index (χ0v) is 20.5. The molecule has 0 atom stereocenters. The van der Waals surface area contributed by atoms with Crippen molar-refractivity contribution in [3.63, 3.8) is 0 Å². The number of hydrogen-bond acceptors (Lipinski definition) is 6. The number of piperidine rings is 1. The first-order valence-corrected chi connectivity index (χ1v) is 12.6. The summed E-state index contributed by atoms with van der Waals surface area (Å²) in [5.41, 5.74) is 1.18. The molecule has 3 aromatic rings. The molecule has 1 fully saturated rings. The van der Waals surface area contributed by atoms with Gasteiger partial charge in [-0.05, 0) is 91.9 Å². The van der Waals surface area contributed by atoms with E-state index in [9.17, 15) is 14.4 Å². The number of likely N-dealkylation sites (tertiary alicyclic amines) is 1. The van der Waals surface area contributed by atoms with Crippen molar-refractivity contribution < 1.29 is 19.1 Å². The summed E-state index contributed by atoms with van der Waals surface area (Å²) in [6, 6.07) is 6.68. The maximum Gasteiger partial charge on any atom is 0.341 e. The molecule has 2 aliphatic rings. The van der Waals surface area contributed by atoms with Crippen LogP contribution in [-0.2, 0) is 4.74 Å². The van der Waals surface area contributed by atoms with Crippen LogP contribution in [0.4, 0.5) is 0 Å². The third-order valence-corrected chi connectivity index (χ3v) is 7.08. The number of hydrogen-bond donors (Lipinski definition) is 0. The summed E-state index contributed by atoms with van der Waals surface area (Å²) < 4.78 is 7.91. The number of unbranched alkanes of at least 4 members (excludes halogenated alkanes) is 2. The van der Waals surface area contributed by atoms with Gasteiger partial charge in [-0.3, -0.25) is 14.6 Å². The quantitative estimate of drug-likeness (QED) is 0.258. The second-order valence-electron chi connectivity index (χ2n) is 8.86. The van der Waals surface area contributed by atoms with Gasteiger partial charge in [-0.1, -0.05) is 6.42 Å². The molecular formula is C26H26BrN3O4. The van der Waals surface area contributed by atoms with E-state index in [-0.39, 0.29) is 46.3 Å². The van der Waals surface area contributed by atoms with Crippen molar-refractivity contribution in [2.75, 3.05) is 26.2 Å². The second-order valence-corrected chi connectivity index (χ2v) is 9.77. The minimum Gasteiger partial charge on any atom is -0.462 e. The lowest BCUT2D eigenvalue weighted by molar-refractivity contribution is 0.0496. The van der Waals surface area contributed by atoms with Crippen LogP contribution in [-0.4, -0.2) is 58.1 Å². The van der Waals surface area contributed by atoms with Crippen LogP contribution in [0.3, 0.4) is 0 Å². The van der Waals surface area contributed by atoms with Crippen molar-refractivity contribution in [3.05, 3.63) is 69.2 Å². The van der Waals surface area contributed by atoms with Gasteiger partial charge < -0.3 is 14.0 Å². The molecule has 0 bridgehead atoms. The predicted octanol–water partition coefficient (Wildman–Crippen LogP) is 4.69. The third-order valence-electron chi connectivity index (χ3n) is 6.61. The van der Waals surface area contributed by atoms with Gasteiger partial charge in [-0.25, -0.2) is 4.79 Å². The number of ether oxygens (including phenoxy) is 1. The van der Waals surface area contributed by atoms with Crippen molar-refractivity contribution in [1.82, 2.24) is 14.3 Å². The first-order chi connectivity index (χ1) is 16.6. The van der Waals surface area contributed by atoms with Gasteiger partial charge >= 0.3 is 5.97 Å². The summed E-state index contributed by atoms with van der Waals surface area (Å²) >= 11 is 3.42. The van der Waals surface area contributed by atoms with E-state index in [1.807, 2.05) is 0 Å². The van der Waals surface area contributed by atoms with Crippen molar-refractivity contribution >= 4 is 39.0 Å². The predicted molar refractivity (Wildman–Crippen MR) is 131 cm³/mol. The summed E-state index contributed by atoms with van der Waals surface area (Å²) in [7, 11) is 0. The zero-order valence-electron chi connectivity index (χ0n) is 18.9. The van der Waals surface area contributed by atoms with Crippen molar-refractivity contribution in [2.24, 2.45) is 0 Å². The van der Waals surface area contributed by atoms with E-state index in [2.05, 4.69) is 25.8 Å². The number of ketones is 2. The van der Waals surface area contributed by atoms with E-state index in [0.29, 0.717) is 5.52 Å². The molecule has 5 rings (SSSR count). The topological polar surface area (TPSA) is 81.0 Å². The lowest BCUT2D eigenvalue weighted by Gasteiger charge is -2.26. The smallest absolute Gasteiger partial charge is 0.341 e. The summed E-state index contributed by atoms with van der Waals surface area (Å²) in [4.78, 5) is 46.5. The number of pyridine rings is 2. The summed E-state index contributed by atoms with van der Waals surface area (Å²) in [6.45, 7) is 3.74. The van der Waals surface area contributed by atoms with Gasteiger partial charge in [0.05, 0.1) is 28.8 Å². The number of carbonyl (C=O) groups is 3. The Morgan fingerprint density at radius 1 is 1.03 bits per heavy atom. The Kier molecular flexibility index (Phi) is 6.61. The van der Waals surface area contributed by atoms with Gasteiger partial charge in [0.2, 0.25) is 5.78 Å². The lowest BCUT2D eigenvalue weighted by atomic mass is 9.89. The molecule has 0 saturated carbocycles. The van der Waals surface area contributed by atoms with Crippen LogP contribution in [0.5, 0.6) is 0 Å². The first-order valence-electron chi connectivity index (χ1n) is 11.8. The maximum atomic E-state index is 13.4. The number of fused-ring (bicyclic) bond motifs is 4. The largest absolute Gasteiger partial charge is 0.462 e. The molecule has 0 aromatic carbocycles. The molecule has 1 aliphatic heterocycles. The number of halogens is 1. The molecule has 34 heavy (non-hydrogen) atoms. The molecule has 0 spiro atoms. The van der Waals surface area contributed by atoms with Crippen LogP contribution >= 0.6 is 15.9 Å². The fourth-order valence-corrected chi connectivity index (χ4v) is 5.27. The van der Waals surface area contributed by atoms with Crippen LogP contribution < -0.4 is 0 Å². The standard InChI is InChI=1S/C26H26BrN3O4/c27-17-9-10-19-20(26(33)34-15-6-2-5-14-29-12-3-1-4-13-29)21-23(30(19)16-17)25(32)22-18(24(21)31)8-7-11-28-22/h7-11,16H,1-6,12-15H2. The molecule has 3 aromatic heterocycles. The number of nitrogens with zero attached hydrogens (tertiary/aromatic N) is 3. The molecular weight excluding hydrogens is 498 g/mol. The van der Waals surface area contributed by atoms with Crippen LogP contribution in [0, 0.1) is 0 Å². The normalized spacial score (nSPS) is 15.9. The Morgan fingerprint density at radius 2 is 1.85 bits per heavy atom. The number of rotatable bonds is 7. The lowest BCUT2D eigenvalue weighted by Crippen LogP contribution is -2.30. The Balaban J connectivity index is 1.34. The van der Waals surface area contributed by atoms with E-state index in [0.717, 1.165) is 30.3 Å². The van der Waals surface area contributed by atoms with Gasteiger partial charge in [0.25, 0.3) is 0 Å². The van der Waals surface area contributed by atoms with Crippen LogP contribution in [0.15, 0.2) is 41.1 Å². The first kappa shape index (κ1) is 22.9. The van der Waals surface area contributed by atoms with Gasteiger partial charge in [0, 0.05) is 16.9 Å². The number of aromatic nitrogens is 2. The van der Waals surface area contributed by atoms with Crippen LogP contribution in [0.2, 0.25) is 0 Å².